The molecule has 146 valence electrons. The van der Waals surface area contributed by atoms with Crippen LogP contribution in [0.5, 0.6) is 0 Å². The summed E-state index contributed by atoms with van der Waals surface area (Å²) in [4.78, 5) is 31.5. The van der Waals surface area contributed by atoms with Crippen molar-refractivity contribution in [3.63, 3.8) is 0 Å². The van der Waals surface area contributed by atoms with Crippen molar-refractivity contribution in [1.82, 2.24) is 19.8 Å². The van der Waals surface area contributed by atoms with Crippen LogP contribution in [0.2, 0.25) is 0 Å². The van der Waals surface area contributed by atoms with Gasteiger partial charge in [-0.1, -0.05) is 24.3 Å². The minimum atomic E-state index is -0.287. The van der Waals surface area contributed by atoms with E-state index in [1.54, 1.807) is 14.0 Å². The normalized spacial score (nSPS) is 14.2. The van der Waals surface area contributed by atoms with Crippen LogP contribution in [-0.4, -0.2) is 40.0 Å². The molecule has 3 heterocycles. The molecule has 0 unspecified atom stereocenters. The van der Waals surface area contributed by atoms with Crippen molar-refractivity contribution in [1.29, 1.82) is 0 Å². The van der Waals surface area contributed by atoms with Gasteiger partial charge in [-0.15, -0.1) is 0 Å². The number of hydrogen-bond donors (Lipinski definition) is 1. The Kier molecular flexibility index (Phi) is 5.00. The predicted molar refractivity (Wildman–Crippen MR) is 106 cm³/mol. The third-order valence-corrected chi connectivity index (χ3v) is 5.32. The molecule has 0 aliphatic carbocycles. The molecule has 1 aliphatic heterocycles. The number of benzene rings is 1. The first-order valence-electron chi connectivity index (χ1n) is 9.56. The fourth-order valence-corrected chi connectivity index (χ4v) is 3.80. The summed E-state index contributed by atoms with van der Waals surface area (Å²) in [6.45, 7) is 5.14. The van der Waals surface area contributed by atoms with Crippen molar-refractivity contribution >= 4 is 17.0 Å². The molecular weight excluding hydrogens is 356 g/mol. The zero-order valence-electron chi connectivity index (χ0n) is 16.2. The Hall–Kier alpha value is -2.93. The van der Waals surface area contributed by atoms with Crippen LogP contribution < -0.4 is 10.9 Å². The van der Waals surface area contributed by atoms with Gasteiger partial charge in [0.05, 0.1) is 5.56 Å². The van der Waals surface area contributed by atoms with Crippen molar-refractivity contribution in [3.05, 3.63) is 63.4 Å². The highest BCUT2D eigenvalue weighted by molar-refractivity contribution is 6.06. The van der Waals surface area contributed by atoms with Crippen molar-refractivity contribution < 1.29 is 9.21 Å². The maximum Gasteiger partial charge on any atom is 0.265 e. The van der Waals surface area contributed by atoms with Crippen molar-refractivity contribution in [3.8, 4) is 0 Å². The van der Waals surface area contributed by atoms with Gasteiger partial charge in [0.2, 0.25) is 5.71 Å². The molecule has 4 rings (SSSR count). The Balaban J connectivity index is 1.36. The van der Waals surface area contributed by atoms with Crippen LogP contribution >= 0.6 is 0 Å². The minimum absolute atomic E-state index is 0.206. The third-order valence-electron chi connectivity index (χ3n) is 5.32. The molecule has 0 saturated carbocycles. The zero-order chi connectivity index (χ0) is 19.7. The van der Waals surface area contributed by atoms with E-state index in [0.29, 0.717) is 12.3 Å². The first-order valence-corrected chi connectivity index (χ1v) is 9.56. The molecule has 1 amide bonds. The van der Waals surface area contributed by atoms with Gasteiger partial charge in [0.15, 0.2) is 0 Å². The average Bonchev–Trinajstić information content (AvgIpc) is 3.04. The van der Waals surface area contributed by atoms with Gasteiger partial charge in [-0.05, 0) is 30.9 Å². The number of rotatable bonds is 5. The molecular formula is C21H24N4O3. The van der Waals surface area contributed by atoms with Crippen molar-refractivity contribution in [2.75, 3.05) is 19.6 Å². The summed E-state index contributed by atoms with van der Waals surface area (Å²) >= 11 is 0. The number of carbonyl (C=O) groups is 1. The quantitative estimate of drug-likeness (QED) is 0.685. The summed E-state index contributed by atoms with van der Waals surface area (Å²) in [7, 11) is 1.61. The molecule has 0 radical (unpaired) electrons. The molecule has 1 aromatic carbocycles. The van der Waals surface area contributed by atoms with Gasteiger partial charge in [0, 0.05) is 33.2 Å². The van der Waals surface area contributed by atoms with Gasteiger partial charge in [-0.25, -0.2) is 4.98 Å². The van der Waals surface area contributed by atoms with E-state index in [1.807, 2.05) is 0 Å². The van der Waals surface area contributed by atoms with Crippen molar-refractivity contribution in [2.24, 2.45) is 7.05 Å². The molecule has 0 bridgehead atoms. The van der Waals surface area contributed by atoms with E-state index in [1.165, 1.54) is 22.0 Å². The summed E-state index contributed by atoms with van der Waals surface area (Å²) in [6, 6.07) is 8.56. The molecule has 28 heavy (non-hydrogen) atoms. The van der Waals surface area contributed by atoms with Gasteiger partial charge >= 0.3 is 0 Å². The topological polar surface area (TPSA) is 80.4 Å². The first kappa shape index (κ1) is 18.4. The first-order chi connectivity index (χ1) is 13.5. The number of nitrogens with zero attached hydrogens (tertiary/aromatic N) is 3. The number of hydrogen-bond acceptors (Lipinski definition) is 5. The molecule has 7 nitrogen and oxygen atoms in total. The van der Waals surface area contributed by atoms with Crippen LogP contribution in [0.4, 0.5) is 0 Å². The third kappa shape index (κ3) is 3.45. The average molecular weight is 380 g/mol. The van der Waals surface area contributed by atoms with E-state index in [9.17, 15) is 9.59 Å². The van der Waals surface area contributed by atoms with Crippen molar-refractivity contribution in [2.45, 2.75) is 26.3 Å². The molecule has 0 spiro atoms. The molecule has 3 aromatic rings. The highest BCUT2D eigenvalue weighted by Gasteiger charge is 2.22. The SMILES string of the molecule is Cc1oc2ncn(C)c(=O)c2c1C(=O)NCCCN1CCc2ccccc2C1. The number of nitrogens with one attached hydrogen (secondary N) is 1. The van der Waals surface area contributed by atoms with Crippen LogP contribution in [0, 0.1) is 6.92 Å². The predicted octanol–water partition coefficient (Wildman–Crippen LogP) is 2.01. The Labute approximate surface area is 163 Å². The second-order valence-corrected chi connectivity index (χ2v) is 7.28. The molecule has 7 heteroatoms. The highest BCUT2D eigenvalue weighted by atomic mass is 16.3. The highest BCUT2D eigenvalue weighted by Crippen LogP contribution is 2.21. The smallest absolute Gasteiger partial charge is 0.265 e. The largest absolute Gasteiger partial charge is 0.442 e. The van der Waals surface area contributed by atoms with Crippen LogP contribution in [0.1, 0.15) is 33.7 Å². The van der Waals surface area contributed by atoms with Gasteiger partial charge in [-0.3, -0.25) is 14.5 Å². The maximum absolute atomic E-state index is 12.7. The molecule has 1 aliphatic rings. The van der Waals surface area contributed by atoms with E-state index in [2.05, 4.69) is 39.5 Å². The lowest BCUT2D eigenvalue weighted by Crippen LogP contribution is -2.34. The number of aryl methyl sites for hydroxylation is 2. The standard InChI is InChI=1S/C21H24N4O3/c1-14-17(18-20(28-14)23-13-24(2)21(18)27)19(26)22-9-5-10-25-11-8-15-6-3-4-7-16(15)12-25/h3-4,6-7,13H,5,8-12H2,1-2H3,(H,22,26). The fourth-order valence-electron chi connectivity index (χ4n) is 3.80. The summed E-state index contributed by atoms with van der Waals surface area (Å²) in [5.74, 6) is 0.126. The minimum Gasteiger partial charge on any atom is -0.442 e. The van der Waals surface area contributed by atoms with Crippen LogP contribution in [0.25, 0.3) is 11.1 Å². The van der Waals surface area contributed by atoms with Crippen LogP contribution in [0.3, 0.4) is 0 Å². The van der Waals surface area contributed by atoms with E-state index in [-0.39, 0.29) is 28.1 Å². The Bertz CT molecular complexity index is 1080. The lowest BCUT2D eigenvalue weighted by Gasteiger charge is -2.28. The summed E-state index contributed by atoms with van der Waals surface area (Å²) in [6.07, 6.45) is 3.31. The van der Waals surface area contributed by atoms with Crippen LogP contribution in [-0.2, 0) is 20.0 Å². The maximum atomic E-state index is 12.7. The zero-order valence-corrected chi connectivity index (χ0v) is 16.2. The molecule has 0 atom stereocenters. The molecule has 0 fully saturated rings. The Morgan fingerprint density at radius 1 is 1.29 bits per heavy atom. The second kappa shape index (κ2) is 7.59. The second-order valence-electron chi connectivity index (χ2n) is 7.28. The Morgan fingerprint density at radius 3 is 2.89 bits per heavy atom. The lowest BCUT2D eigenvalue weighted by molar-refractivity contribution is 0.0951. The summed E-state index contributed by atoms with van der Waals surface area (Å²) < 4.78 is 6.85. The number of furan rings is 1. The van der Waals surface area contributed by atoms with E-state index in [4.69, 9.17) is 4.42 Å². The van der Waals surface area contributed by atoms with Gasteiger partial charge in [0.1, 0.15) is 17.5 Å². The van der Waals surface area contributed by atoms with Gasteiger partial charge in [0.25, 0.3) is 11.5 Å². The summed E-state index contributed by atoms with van der Waals surface area (Å²) in [5.41, 5.74) is 3.04. The van der Waals surface area contributed by atoms with E-state index in [0.717, 1.165) is 32.5 Å². The van der Waals surface area contributed by atoms with Crippen LogP contribution in [0.15, 0.2) is 39.8 Å². The number of carbonyl (C=O) groups excluding carboxylic acids is 1. The van der Waals surface area contributed by atoms with Gasteiger partial charge in [-0.2, -0.15) is 0 Å². The fraction of sp³-hybridized carbons (Fsp3) is 0.381. The molecule has 1 N–H and O–H groups in total. The monoisotopic (exact) mass is 380 g/mol. The van der Waals surface area contributed by atoms with Gasteiger partial charge < -0.3 is 14.3 Å². The number of amides is 1. The van der Waals surface area contributed by atoms with E-state index >= 15 is 0 Å². The summed E-state index contributed by atoms with van der Waals surface area (Å²) in [5, 5.41) is 3.17. The Morgan fingerprint density at radius 2 is 2.07 bits per heavy atom. The molecule has 0 saturated heterocycles. The molecule has 2 aromatic heterocycles. The number of aromatic nitrogens is 2. The van der Waals surface area contributed by atoms with E-state index < -0.39 is 0 Å². The lowest BCUT2D eigenvalue weighted by atomic mass is 10.00. The number of fused-ring (bicyclic) bond motifs is 2.